The first-order chi connectivity index (χ1) is 14.5. The van der Waals surface area contributed by atoms with Crippen LogP contribution in [-0.4, -0.2) is 14.8 Å². The van der Waals surface area contributed by atoms with Gasteiger partial charge in [-0.15, -0.1) is 21.5 Å². The minimum Gasteiger partial charge on any atom is -0.302 e. The van der Waals surface area contributed by atoms with Gasteiger partial charge in [-0.05, 0) is 44.0 Å². The Labute approximate surface area is 195 Å². The molecule has 0 saturated carbocycles. The van der Waals surface area contributed by atoms with Gasteiger partial charge in [0.25, 0.3) is 0 Å². The molecular weight excluding hydrogens is 453 g/mol. The number of rotatable bonds is 6. The smallest absolute Gasteiger partial charge is 0.191 e. The Bertz CT molecular complexity index is 1180. The molecular formula is C23H21Cl2N3S2. The summed E-state index contributed by atoms with van der Waals surface area (Å²) in [6.45, 7) is 7.20. The van der Waals surface area contributed by atoms with Gasteiger partial charge < -0.3 is 4.57 Å². The number of halogens is 2. The number of thiophene rings is 1. The van der Waals surface area contributed by atoms with Crippen LogP contribution in [0.3, 0.4) is 0 Å². The van der Waals surface area contributed by atoms with E-state index >= 15 is 0 Å². The summed E-state index contributed by atoms with van der Waals surface area (Å²) in [5.41, 5.74) is 5.95. The Hall–Kier alpha value is -1.79. The third-order valence-corrected chi connectivity index (χ3v) is 7.63. The molecule has 0 radical (unpaired) electrons. The highest BCUT2D eigenvalue weighted by molar-refractivity contribution is 7.98. The van der Waals surface area contributed by atoms with E-state index in [1.165, 1.54) is 21.6 Å². The molecule has 0 atom stereocenters. The summed E-state index contributed by atoms with van der Waals surface area (Å²) < 4.78 is 2.18. The van der Waals surface area contributed by atoms with Crippen LogP contribution in [0.5, 0.6) is 0 Å². The number of hydrogen-bond acceptors (Lipinski definition) is 4. The summed E-state index contributed by atoms with van der Waals surface area (Å²) in [7, 11) is 0. The van der Waals surface area contributed by atoms with Crippen LogP contribution in [0, 0.1) is 13.8 Å². The van der Waals surface area contributed by atoms with E-state index in [0.29, 0.717) is 10.0 Å². The van der Waals surface area contributed by atoms with Gasteiger partial charge in [-0.3, -0.25) is 0 Å². The molecule has 154 valence electrons. The quantitative estimate of drug-likeness (QED) is 0.266. The zero-order valence-electron chi connectivity index (χ0n) is 16.9. The highest BCUT2D eigenvalue weighted by atomic mass is 35.5. The Morgan fingerprint density at radius 2 is 1.77 bits per heavy atom. The van der Waals surface area contributed by atoms with Crippen LogP contribution >= 0.6 is 46.3 Å². The van der Waals surface area contributed by atoms with Crippen LogP contribution in [0.2, 0.25) is 10.0 Å². The van der Waals surface area contributed by atoms with E-state index < -0.39 is 0 Å². The summed E-state index contributed by atoms with van der Waals surface area (Å²) in [6.07, 6.45) is 0. The van der Waals surface area contributed by atoms with E-state index in [9.17, 15) is 0 Å². The van der Waals surface area contributed by atoms with Gasteiger partial charge in [0, 0.05) is 33.7 Å². The third-order valence-electron chi connectivity index (χ3n) is 4.94. The van der Waals surface area contributed by atoms with Gasteiger partial charge in [0.05, 0.1) is 10.0 Å². The second kappa shape index (κ2) is 9.15. The van der Waals surface area contributed by atoms with Crippen molar-refractivity contribution in [3.05, 3.63) is 73.9 Å². The van der Waals surface area contributed by atoms with Gasteiger partial charge in [-0.25, -0.2) is 0 Å². The molecule has 0 aliphatic carbocycles. The average molecular weight is 474 g/mol. The fraction of sp³-hybridized carbons (Fsp3) is 0.217. The summed E-state index contributed by atoms with van der Waals surface area (Å²) in [5.74, 6) is 1.66. The molecule has 30 heavy (non-hydrogen) atoms. The van der Waals surface area contributed by atoms with E-state index in [1.807, 2.05) is 18.2 Å². The molecule has 2 heterocycles. The zero-order valence-corrected chi connectivity index (χ0v) is 20.1. The van der Waals surface area contributed by atoms with E-state index in [1.54, 1.807) is 23.1 Å². The van der Waals surface area contributed by atoms with Crippen molar-refractivity contribution >= 4 is 46.3 Å². The number of hydrogen-bond donors (Lipinski definition) is 0. The minimum atomic E-state index is 0.570. The largest absolute Gasteiger partial charge is 0.302 e. The lowest BCUT2D eigenvalue weighted by atomic mass is 10.0. The van der Waals surface area contributed by atoms with Crippen LogP contribution in [0.4, 0.5) is 0 Å². The number of aromatic nitrogens is 3. The van der Waals surface area contributed by atoms with Crippen LogP contribution in [0.1, 0.15) is 22.9 Å². The van der Waals surface area contributed by atoms with Gasteiger partial charge in [0.15, 0.2) is 11.0 Å². The standard InChI is InChI=1S/C23H21Cl2N3S2/c1-4-28-22(18-13-29-15(3)21(18)17-8-5-14(2)6-9-17)26-27-23(28)30-12-16-7-10-19(24)20(25)11-16/h5-11,13H,4,12H2,1-3H3. The SMILES string of the molecule is CCn1c(SCc2ccc(Cl)c(Cl)c2)nnc1-c1csc(C)c1-c1ccc(C)cc1. The first-order valence-electron chi connectivity index (χ1n) is 9.63. The van der Waals surface area contributed by atoms with Crippen LogP contribution in [0.15, 0.2) is 53.0 Å². The molecule has 0 amide bonds. The fourth-order valence-electron chi connectivity index (χ4n) is 3.36. The van der Waals surface area contributed by atoms with E-state index in [-0.39, 0.29) is 0 Å². The number of aryl methyl sites for hydroxylation is 2. The molecule has 2 aromatic carbocycles. The van der Waals surface area contributed by atoms with Gasteiger partial charge >= 0.3 is 0 Å². The molecule has 4 aromatic rings. The van der Waals surface area contributed by atoms with Gasteiger partial charge in [0.1, 0.15) is 0 Å². The monoisotopic (exact) mass is 473 g/mol. The highest BCUT2D eigenvalue weighted by Crippen LogP contribution is 2.39. The predicted octanol–water partition coefficient (Wildman–Crippen LogP) is 7.91. The molecule has 0 N–H and O–H groups in total. The molecule has 0 aliphatic heterocycles. The van der Waals surface area contributed by atoms with Crippen molar-refractivity contribution in [1.29, 1.82) is 0 Å². The topological polar surface area (TPSA) is 30.7 Å². The number of nitrogens with zero attached hydrogens (tertiary/aromatic N) is 3. The minimum absolute atomic E-state index is 0.570. The van der Waals surface area contributed by atoms with Crippen LogP contribution < -0.4 is 0 Å². The predicted molar refractivity (Wildman–Crippen MR) is 130 cm³/mol. The fourth-order valence-corrected chi connectivity index (χ4v) is 5.48. The van der Waals surface area contributed by atoms with Crippen molar-refractivity contribution < 1.29 is 0 Å². The molecule has 7 heteroatoms. The molecule has 4 rings (SSSR count). The summed E-state index contributed by atoms with van der Waals surface area (Å²) >= 11 is 15.6. The van der Waals surface area contributed by atoms with Crippen molar-refractivity contribution in [1.82, 2.24) is 14.8 Å². The van der Waals surface area contributed by atoms with E-state index in [2.05, 4.69) is 65.2 Å². The maximum atomic E-state index is 6.15. The molecule has 2 aromatic heterocycles. The van der Waals surface area contributed by atoms with Crippen molar-refractivity contribution in [2.45, 2.75) is 38.2 Å². The van der Waals surface area contributed by atoms with Crippen molar-refractivity contribution in [2.75, 3.05) is 0 Å². The summed E-state index contributed by atoms with van der Waals surface area (Å²) in [4.78, 5) is 1.28. The maximum absolute atomic E-state index is 6.15. The molecule has 0 spiro atoms. The van der Waals surface area contributed by atoms with Crippen molar-refractivity contribution in [3.63, 3.8) is 0 Å². The Balaban J connectivity index is 1.66. The number of benzene rings is 2. The first-order valence-corrected chi connectivity index (χ1v) is 12.3. The van der Waals surface area contributed by atoms with Crippen molar-refractivity contribution in [2.24, 2.45) is 0 Å². The van der Waals surface area contributed by atoms with Crippen LogP contribution in [-0.2, 0) is 12.3 Å². The lowest BCUT2D eigenvalue weighted by molar-refractivity contribution is 0.687. The lowest BCUT2D eigenvalue weighted by Gasteiger charge is -2.10. The van der Waals surface area contributed by atoms with Gasteiger partial charge in [-0.1, -0.05) is 70.9 Å². The summed E-state index contributed by atoms with van der Waals surface area (Å²) in [6, 6.07) is 14.4. The van der Waals surface area contributed by atoms with Gasteiger partial charge in [0.2, 0.25) is 0 Å². The molecule has 0 aliphatic rings. The third kappa shape index (κ3) is 4.30. The van der Waals surface area contributed by atoms with E-state index in [4.69, 9.17) is 23.2 Å². The molecule has 0 fully saturated rings. The Morgan fingerprint density at radius 3 is 2.47 bits per heavy atom. The second-order valence-corrected chi connectivity index (χ2v) is 9.87. The Morgan fingerprint density at radius 1 is 1.00 bits per heavy atom. The molecule has 3 nitrogen and oxygen atoms in total. The second-order valence-electron chi connectivity index (χ2n) is 7.03. The molecule has 0 bridgehead atoms. The molecule has 0 unspecified atom stereocenters. The normalized spacial score (nSPS) is 11.2. The average Bonchev–Trinajstić information content (AvgIpc) is 3.32. The zero-order chi connectivity index (χ0) is 21.3. The highest BCUT2D eigenvalue weighted by Gasteiger charge is 2.20. The van der Waals surface area contributed by atoms with E-state index in [0.717, 1.165) is 34.4 Å². The van der Waals surface area contributed by atoms with Gasteiger partial charge in [-0.2, -0.15) is 0 Å². The lowest BCUT2D eigenvalue weighted by Crippen LogP contribution is -2.00. The molecule has 0 saturated heterocycles. The summed E-state index contributed by atoms with van der Waals surface area (Å²) in [5, 5.41) is 13.3. The maximum Gasteiger partial charge on any atom is 0.191 e. The van der Waals surface area contributed by atoms with Crippen molar-refractivity contribution in [3.8, 4) is 22.5 Å². The van der Waals surface area contributed by atoms with Crippen LogP contribution in [0.25, 0.3) is 22.5 Å². The Kier molecular flexibility index (Phi) is 6.54. The first kappa shape index (κ1) is 21.4. The number of thioether (sulfide) groups is 1.